The van der Waals surface area contributed by atoms with Crippen molar-refractivity contribution >= 4 is 28.3 Å². The minimum absolute atomic E-state index is 0.0143. The quantitative estimate of drug-likeness (QED) is 0.619. The van der Waals surface area contributed by atoms with Gasteiger partial charge in [-0.3, -0.25) is 0 Å². The molecule has 4 nitrogen and oxygen atoms in total. The van der Waals surface area contributed by atoms with Gasteiger partial charge in [0.25, 0.3) is 0 Å². The Kier molecular flexibility index (Phi) is 3.29. The molecule has 1 N–H and O–H groups in total. The van der Waals surface area contributed by atoms with Gasteiger partial charge in [0, 0.05) is 22.8 Å². The predicted molar refractivity (Wildman–Crippen MR) is 90.3 cm³/mol. The summed E-state index contributed by atoms with van der Waals surface area (Å²) < 4.78 is 2.10. The zero-order chi connectivity index (χ0) is 15.1. The van der Waals surface area contributed by atoms with Gasteiger partial charge in [-0.1, -0.05) is 6.07 Å². The number of pyridine rings is 1. The molecular weight excluding hydrogens is 314 g/mol. The van der Waals surface area contributed by atoms with E-state index in [0.717, 1.165) is 33.3 Å². The monoisotopic (exact) mass is 327 g/mol. The number of imidazole rings is 1. The highest BCUT2D eigenvalue weighted by atomic mass is 32.1. The fourth-order valence-corrected chi connectivity index (χ4v) is 3.90. The third-order valence-corrected chi connectivity index (χ3v) is 5.30. The molecule has 0 aromatic carbocycles. The first-order chi connectivity index (χ1) is 10.8. The molecule has 0 saturated carbocycles. The lowest BCUT2D eigenvalue weighted by Gasteiger charge is -2.01. The van der Waals surface area contributed by atoms with Gasteiger partial charge in [0.2, 0.25) is 0 Å². The second kappa shape index (κ2) is 5.31. The molecule has 0 aliphatic carbocycles. The number of nitrogens with zero attached hydrogens (tertiary/aromatic N) is 3. The van der Waals surface area contributed by atoms with Crippen LogP contribution in [0.1, 0.15) is 10.7 Å². The van der Waals surface area contributed by atoms with Crippen molar-refractivity contribution in [2.45, 2.75) is 13.5 Å². The average Bonchev–Trinajstić information content (AvgIpc) is 3.27. The molecule has 0 spiro atoms. The molecule has 110 valence electrons. The third kappa shape index (κ3) is 2.16. The summed E-state index contributed by atoms with van der Waals surface area (Å²) >= 11 is 3.17. The first-order valence-corrected chi connectivity index (χ1v) is 8.60. The standard InChI is InChI=1S/C16H13N3OS2/c1-10-16(13-3-2-6-21-13)18-14-5-4-11(7-19(10)14)12-9-22-15(8-20)17-12/h2-7,9,20H,8H2,1H3. The van der Waals surface area contributed by atoms with Gasteiger partial charge in [-0.05, 0) is 30.5 Å². The van der Waals surface area contributed by atoms with Crippen molar-refractivity contribution in [3.63, 3.8) is 0 Å². The smallest absolute Gasteiger partial charge is 0.137 e. The number of thiazole rings is 1. The zero-order valence-corrected chi connectivity index (χ0v) is 13.5. The lowest BCUT2D eigenvalue weighted by molar-refractivity contribution is 0.281. The fraction of sp³-hybridized carbons (Fsp3) is 0.125. The van der Waals surface area contributed by atoms with Crippen LogP contribution in [0.2, 0.25) is 0 Å². The van der Waals surface area contributed by atoms with E-state index in [1.54, 1.807) is 11.3 Å². The highest BCUT2D eigenvalue weighted by Crippen LogP contribution is 2.29. The first-order valence-electron chi connectivity index (χ1n) is 6.84. The summed E-state index contributed by atoms with van der Waals surface area (Å²) in [4.78, 5) is 10.3. The van der Waals surface area contributed by atoms with E-state index in [9.17, 15) is 0 Å². The van der Waals surface area contributed by atoms with Crippen LogP contribution in [0.4, 0.5) is 0 Å². The van der Waals surface area contributed by atoms with E-state index in [1.165, 1.54) is 16.2 Å². The molecule has 22 heavy (non-hydrogen) atoms. The Hall–Kier alpha value is -2.02. The zero-order valence-electron chi connectivity index (χ0n) is 11.9. The number of aromatic nitrogens is 3. The second-order valence-electron chi connectivity index (χ2n) is 4.95. The third-order valence-electron chi connectivity index (χ3n) is 3.59. The minimum atomic E-state index is -0.0143. The second-order valence-corrected chi connectivity index (χ2v) is 6.84. The Labute approximate surface area is 135 Å². The van der Waals surface area contributed by atoms with Crippen LogP contribution in [-0.4, -0.2) is 19.5 Å². The average molecular weight is 327 g/mol. The molecule has 0 fully saturated rings. The summed E-state index contributed by atoms with van der Waals surface area (Å²) in [5, 5.41) is 13.9. The molecule has 0 unspecified atom stereocenters. The summed E-state index contributed by atoms with van der Waals surface area (Å²) in [5.41, 5.74) is 5.00. The van der Waals surface area contributed by atoms with Crippen LogP contribution in [-0.2, 0) is 6.61 Å². The number of hydrogen-bond donors (Lipinski definition) is 1. The summed E-state index contributed by atoms with van der Waals surface area (Å²) in [6.45, 7) is 2.07. The number of thiophene rings is 1. The van der Waals surface area contributed by atoms with Gasteiger partial charge in [-0.15, -0.1) is 22.7 Å². The summed E-state index contributed by atoms with van der Waals surface area (Å²) in [7, 11) is 0. The largest absolute Gasteiger partial charge is 0.389 e. The molecule has 6 heteroatoms. The molecular formula is C16H13N3OS2. The number of hydrogen-bond acceptors (Lipinski definition) is 5. The van der Waals surface area contributed by atoms with Gasteiger partial charge in [-0.25, -0.2) is 9.97 Å². The number of fused-ring (bicyclic) bond motifs is 1. The van der Waals surface area contributed by atoms with E-state index in [0.29, 0.717) is 0 Å². The Balaban J connectivity index is 1.85. The summed E-state index contributed by atoms with van der Waals surface area (Å²) in [6, 6.07) is 8.17. The van der Waals surface area contributed by atoms with Gasteiger partial charge >= 0.3 is 0 Å². The lowest BCUT2D eigenvalue weighted by Crippen LogP contribution is -1.90. The Morgan fingerprint density at radius 3 is 2.82 bits per heavy atom. The Morgan fingerprint density at radius 2 is 2.09 bits per heavy atom. The van der Waals surface area contributed by atoms with Crippen LogP contribution in [0.5, 0.6) is 0 Å². The molecule has 0 aliphatic rings. The van der Waals surface area contributed by atoms with Crippen molar-refractivity contribution in [3.05, 3.63) is 51.9 Å². The molecule has 0 radical (unpaired) electrons. The Bertz CT molecular complexity index is 938. The van der Waals surface area contributed by atoms with Crippen molar-refractivity contribution < 1.29 is 5.11 Å². The molecule has 0 bridgehead atoms. The first kappa shape index (κ1) is 13.6. The van der Waals surface area contributed by atoms with Crippen molar-refractivity contribution in [1.82, 2.24) is 14.4 Å². The molecule has 0 aliphatic heterocycles. The lowest BCUT2D eigenvalue weighted by atomic mass is 10.2. The number of aliphatic hydroxyl groups excluding tert-OH is 1. The number of aryl methyl sites for hydroxylation is 1. The van der Waals surface area contributed by atoms with Crippen LogP contribution < -0.4 is 0 Å². The Morgan fingerprint density at radius 1 is 1.18 bits per heavy atom. The van der Waals surface area contributed by atoms with Crippen molar-refractivity contribution in [1.29, 1.82) is 0 Å². The van der Waals surface area contributed by atoms with E-state index < -0.39 is 0 Å². The molecule has 4 heterocycles. The molecule has 0 amide bonds. The number of rotatable bonds is 3. The van der Waals surface area contributed by atoms with Gasteiger partial charge in [0.15, 0.2) is 0 Å². The predicted octanol–water partition coefficient (Wildman–Crippen LogP) is 3.99. The highest BCUT2D eigenvalue weighted by Gasteiger charge is 2.12. The van der Waals surface area contributed by atoms with E-state index in [-0.39, 0.29) is 6.61 Å². The van der Waals surface area contributed by atoms with E-state index in [1.807, 2.05) is 23.6 Å². The topological polar surface area (TPSA) is 50.4 Å². The van der Waals surface area contributed by atoms with E-state index in [2.05, 4.69) is 34.0 Å². The normalized spacial score (nSPS) is 11.4. The molecule has 0 atom stereocenters. The van der Waals surface area contributed by atoms with Crippen LogP contribution in [0, 0.1) is 6.92 Å². The van der Waals surface area contributed by atoms with Gasteiger partial charge in [0.05, 0.1) is 17.2 Å². The maximum absolute atomic E-state index is 9.16. The van der Waals surface area contributed by atoms with E-state index in [4.69, 9.17) is 10.1 Å². The van der Waals surface area contributed by atoms with Gasteiger partial charge < -0.3 is 9.51 Å². The SMILES string of the molecule is Cc1c(-c2cccs2)nc2ccc(-c3csc(CO)n3)cn12. The minimum Gasteiger partial charge on any atom is -0.389 e. The van der Waals surface area contributed by atoms with Crippen molar-refractivity contribution in [2.75, 3.05) is 0 Å². The van der Waals surface area contributed by atoms with Crippen molar-refractivity contribution in [2.24, 2.45) is 0 Å². The van der Waals surface area contributed by atoms with Gasteiger partial charge in [0.1, 0.15) is 16.3 Å². The fourth-order valence-electron chi connectivity index (χ4n) is 2.48. The maximum Gasteiger partial charge on any atom is 0.137 e. The maximum atomic E-state index is 9.16. The number of aliphatic hydroxyl groups is 1. The van der Waals surface area contributed by atoms with Crippen LogP contribution in [0.15, 0.2) is 41.2 Å². The summed E-state index contributed by atoms with van der Waals surface area (Å²) in [5.74, 6) is 0. The van der Waals surface area contributed by atoms with E-state index >= 15 is 0 Å². The molecule has 4 aromatic rings. The van der Waals surface area contributed by atoms with Crippen LogP contribution >= 0.6 is 22.7 Å². The molecule has 0 saturated heterocycles. The molecule has 4 aromatic heterocycles. The summed E-state index contributed by atoms with van der Waals surface area (Å²) in [6.07, 6.45) is 2.06. The molecule has 4 rings (SSSR count). The highest BCUT2D eigenvalue weighted by molar-refractivity contribution is 7.13. The van der Waals surface area contributed by atoms with Crippen LogP contribution in [0.3, 0.4) is 0 Å². The van der Waals surface area contributed by atoms with Crippen LogP contribution in [0.25, 0.3) is 27.5 Å². The van der Waals surface area contributed by atoms with Gasteiger partial charge in [-0.2, -0.15) is 0 Å². The van der Waals surface area contributed by atoms with Crippen molar-refractivity contribution in [3.8, 4) is 21.8 Å².